The van der Waals surface area contributed by atoms with Gasteiger partial charge in [0.25, 0.3) is 5.91 Å². The molecule has 0 aliphatic carbocycles. The van der Waals surface area contributed by atoms with Gasteiger partial charge in [-0.1, -0.05) is 73.7 Å². The average molecular weight is 766 g/mol. The Morgan fingerprint density at radius 3 is 2.04 bits per heavy atom. The zero-order chi connectivity index (χ0) is 39.5. The van der Waals surface area contributed by atoms with E-state index in [1.807, 2.05) is 30.3 Å². The molecule has 3 fully saturated rings. The third-order valence-corrected chi connectivity index (χ3v) is 12.5. The molecule has 3 amide bonds. The number of carbonyl (C=O) groups excluding carboxylic acids is 3. The first kappa shape index (κ1) is 38.6. The van der Waals surface area contributed by atoms with Crippen LogP contribution in [-0.4, -0.2) is 84.6 Å². The maximum Gasteiger partial charge on any atom is 0.488 e. The fraction of sp³-hybridized carbons (Fsp3) is 0.370. The summed E-state index contributed by atoms with van der Waals surface area (Å²) in [6, 6.07) is 32.9. The van der Waals surface area contributed by atoms with Crippen LogP contribution in [0.4, 0.5) is 11.4 Å². The highest BCUT2D eigenvalue weighted by atomic mass is 16.4. The lowest BCUT2D eigenvalue weighted by atomic mass is 9.79. The van der Waals surface area contributed by atoms with Crippen LogP contribution in [0.2, 0.25) is 0 Å². The van der Waals surface area contributed by atoms with Gasteiger partial charge in [-0.25, -0.2) is 0 Å². The van der Waals surface area contributed by atoms with Crippen molar-refractivity contribution in [3.8, 4) is 0 Å². The molecule has 57 heavy (non-hydrogen) atoms. The van der Waals surface area contributed by atoms with Gasteiger partial charge in [-0.05, 0) is 120 Å². The fourth-order valence-electron chi connectivity index (χ4n) is 9.17. The number of anilines is 2. The maximum atomic E-state index is 13.1. The summed E-state index contributed by atoms with van der Waals surface area (Å²) in [4.78, 5) is 43.8. The topological polar surface area (TPSA) is 125 Å². The number of nitrogens with one attached hydrogen (secondary N) is 2. The summed E-state index contributed by atoms with van der Waals surface area (Å²) in [5.41, 5.74) is 10.2. The minimum Gasteiger partial charge on any atom is -0.423 e. The molecule has 0 radical (unpaired) electrons. The van der Waals surface area contributed by atoms with Crippen LogP contribution in [0.25, 0.3) is 11.1 Å². The first-order valence-corrected chi connectivity index (χ1v) is 20.6. The molecule has 1 unspecified atom stereocenters. The van der Waals surface area contributed by atoms with Crippen molar-refractivity contribution in [2.75, 3.05) is 42.5 Å². The molecule has 294 valence electrons. The standard InChI is InChI=1S/C46H52BN5O5/c1-2-40(32-6-4-3-5-7-32)44(33-8-12-36(13-9-33)47(56)57)34-10-14-38(15-11-34)50-24-20-31(21-25-50)29-48-37-22-26-51(27-23-37)39-16-17-41-35(28-39)30-52(46(41)55)42-18-19-43(53)49-45(42)54/h3-17,28,31,37,42,48,56-57H,2,18-27,29-30H2,1H3,(H,49,53,54)/b44-40+. The number of carbonyl (C=O) groups is 3. The Balaban J connectivity index is 0.831. The number of hydrogen-bond donors (Lipinski definition) is 4. The molecule has 4 aliphatic heterocycles. The van der Waals surface area contributed by atoms with E-state index < -0.39 is 13.2 Å². The van der Waals surface area contributed by atoms with Crippen molar-refractivity contribution in [1.82, 2.24) is 15.5 Å². The van der Waals surface area contributed by atoms with Gasteiger partial charge < -0.3 is 30.1 Å². The third kappa shape index (κ3) is 8.42. The van der Waals surface area contributed by atoms with Crippen LogP contribution < -0.4 is 25.9 Å². The van der Waals surface area contributed by atoms with Crippen molar-refractivity contribution < 1.29 is 24.4 Å². The van der Waals surface area contributed by atoms with Gasteiger partial charge >= 0.3 is 7.12 Å². The molecule has 0 saturated carbocycles. The van der Waals surface area contributed by atoms with E-state index in [2.05, 4.69) is 82.0 Å². The van der Waals surface area contributed by atoms with Gasteiger partial charge in [-0.2, -0.15) is 0 Å². The molecule has 8 rings (SSSR count). The van der Waals surface area contributed by atoms with Crippen LogP contribution in [0.15, 0.2) is 97.1 Å². The second kappa shape index (κ2) is 17.1. The second-order valence-corrected chi connectivity index (χ2v) is 16.0. The van der Waals surface area contributed by atoms with E-state index >= 15 is 0 Å². The van der Waals surface area contributed by atoms with Gasteiger partial charge in [-0.3, -0.25) is 19.7 Å². The summed E-state index contributed by atoms with van der Waals surface area (Å²) in [6.07, 6.45) is 5.93. The molecular formula is C46H52BN5O5. The van der Waals surface area contributed by atoms with Crippen molar-refractivity contribution in [1.29, 1.82) is 0 Å². The van der Waals surface area contributed by atoms with E-state index in [0.717, 1.165) is 92.8 Å². The largest absolute Gasteiger partial charge is 0.488 e. The normalized spacial score (nSPS) is 19.7. The number of amides is 3. The molecule has 4 aromatic rings. The molecule has 0 spiro atoms. The number of benzene rings is 4. The number of rotatable bonds is 11. The SMILES string of the molecule is CC/C(=C(/c1ccc(B(O)O)cc1)c1ccc(N2CCC(CNC3CCN(c4ccc5c(c4)CN(C4CCC(=O)NC4=O)C5=O)CC3)CC2)cc1)c1ccccc1. The summed E-state index contributed by atoms with van der Waals surface area (Å²) in [5, 5.41) is 25.7. The number of allylic oxidation sites excluding steroid dienone is 1. The molecule has 4 aliphatic rings. The van der Waals surface area contributed by atoms with Gasteiger partial charge in [0.1, 0.15) is 6.04 Å². The van der Waals surface area contributed by atoms with E-state index in [1.165, 1.54) is 16.8 Å². The summed E-state index contributed by atoms with van der Waals surface area (Å²) in [7, 11) is -1.49. The first-order chi connectivity index (χ1) is 27.7. The molecule has 0 bridgehead atoms. The van der Waals surface area contributed by atoms with Crippen molar-refractivity contribution in [2.45, 2.75) is 70.5 Å². The number of piperidine rings is 3. The molecule has 10 nitrogen and oxygen atoms in total. The molecule has 3 saturated heterocycles. The quantitative estimate of drug-likeness (QED) is 0.0960. The molecule has 4 N–H and O–H groups in total. The highest BCUT2D eigenvalue weighted by molar-refractivity contribution is 6.58. The maximum absolute atomic E-state index is 13.1. The van der Waals surface area contributed by atoms with Crippen LogP contribution in [0.5, 0.6) is 0 Å². The Kier molecular flexibility index (Phi) is 11.6. The zero-order valence-electron chi connectivity index (χ0n) is 32.7. The minimum absolute atomic E-state index is 0.130. The lowest BCUT2D eigenvalue weighted by Crippen LogP contribution is -2.52. The van der Waals surface area contributed by atoms with Crippen LogP contribution in [0.3, 0.4) is 0 Å². The Morgan fingerprint density at radius 2 is 1.39 bits per heavy atom. The van der Waals surface area contributed by atoms with Crippen molar-refractivity contribution in [2.24, 2.45) is 5.92 Å². The smallest absolute Gasteiger partial charge is 0.423 e. The van der Waals surface area contributed by atoms with Gasteiger partial charge in [0.15, 0.2) is 0 Å². The highest BCUT2D eigenvalue weighted by Gasteiger charge is 2.39. The predicted molar refractivity (Wildman–Crippen MR) is 226 cm³/mol. The van der Waals surface area contributed by atoms with E-state index in [9.17, 15) is 24.4 Å². The summed E-state index contributed by atoms with van der Waals surface area (Å²) >= 11 is 0. The molecule has 4 aromatic carbocycles. The molecular weight excluding hydrogens is 713 g/mol. The zero-order valence-corrected chi connectivity index (χ0v) is 32.7. The molecule has 4 heterocycles. The van der Waals surface area contributed by atoms with Crippen molar-refractivity contribution in [3.05, 3.63) is 125 Å². The Hall–Kier alpha value is -5.23. The predicted octanol–water partition coefficient (Wildman–Crippen LogP) is 4.97. The highest BCUT2D eigenvalue weighted by Crippen LogP contribution is 2.36. The average Bonchev–Trinajstić information content (AvgIpc) is 3.57. The van der Waals surface area contributed by atoms with Gasteiger partial charge in [-0.15, -0.1) is 0 Å². The monoisotopic (exact) mass is 765 g/mol. The second-order valence-electron chi connectivity index (χ2n) is 16.0. The lowest BCUT2D eigenvalue weighted by Gasteiger charge is -2.37. The van der Waals surface area contributed by atoms with E-state index in [4.69, 9.17) is 0 Å². The van der Waals surface area contributed by atoms with E-state index in [0.29, 0.717) is 36.0 Å². The number of nitrogens with zero attached hydrogens (tertiary/aromatic N) is 3. The van der Waals surface area contributed by atoms with Crippen LogP contribution in [-0.2, 0) is 16.1 Å². The van der Waals surface area contributed by atoms with Gasteiger partial charge in [0.05, 0.1) is 0 Å². The first-order valence-electron chi connectivity index (χ1n) is 20.6. The summed E-state index contributed by atoms with van der Waals surface area (Å²) < 4.78 is 0. The summed E-state index contributed by atoms with van der Waals surface area (Å²) in [6.45, 7) is 7.59. The Morgan fingerprint density at radius 1 is 0.754 bits per heavy atom. The van der Waals surface area contributed by atoms with Crippen molar-refractivity contribution >= 4 is 52.8 Å². The van der Waals surface area contributed by atoms with Crippen LogP contribution in [0, 0.1) is 5.92 Å². The number of fused-ring (bicyclic) bond motifs is 1. The van der Waals surface area contributed by atoms with Gasteiger partial charge in [0.2, 0.25) is 11.8 Å². The number of hydrogen-bond acceptors (Lipinski definition) is 8. The van der Waals surface area contributed by atoms with Gasteiger partial charge in [0, 0.05) is 62.1 Å². The van der Waals surface area contributed by atoms with Crippen molar-refractivity contribution in [3.63, 3.8) is 0 Å². The van der Waals surface area contributed by atoms with Crippen LogP contribution >= 0.6 is 0 Å². The molecule has 1 atom stereocenters. The molecule has 0 aromatic heterocycles. The summed E-state index contributed by atoms with van der Waals surface area (Å²) in [5.74, 6) is -0.133. The number of imide groups is 1. The Bertz CT molecular complexity index is 2110. The Labute approximate surface area is 335 Å². The molecule has 11 heteroatoms. The minimum atomic E-state index is -1.49. The van der Waals surface area contributed by atoms with E-state index in [1.54, 1.807) is 17.0 Å². The van der Waals surface area contributed by atoms with Crippen LogP contribution in [0.1, 0.15) is 84.5 Å². The fourth-order valence-corrected chi connectivity index (χ4v) is 9.17. The lowest BCUT2D eigenvalue weighted by molar-refractivity contribution is -0.136. The van der Waals surface area contributed by atoms with E-state index in [-0.39, 0.29) is 24.1 Å². The third-order valence-electron chi connectivity index (χ3n) is 12.5.